The molecule has 5 heteroatoms. The van der Waals surface area contributed by atoms with E-state index < -0.39 is 0 Å². The first-order valence-electron chi connectivity index (χ1n) is 6.16. The van der Waals surface area contributed by atoms with Crippen molar-refractivity contribution in [2.24, 2.45) is 10.9 Å². The average Bonchev–Trinajstić information content (AvgIpc) is 2.40. The van der Waals surface area contributed by atoms with Gasteiger partial charge in [0.2, 0.25) is 5.88 Å². The van der Waals surface area contributed by atoms with E-state index in [0.29, 0.717) is 17.8 Å². The minimum atomic E-state index is 0.431. The Kier molecular flexibility index (Phi) is 4.47. The number of ether oxygens (including phenoxy) is 1. The lowest BCUT2D eigenvalue weighted by Gasteiger charge is -2.23. The predicted octanol–water partition coefficient (Wildman–Crippen LogP) is 3.02. The number of methoxy groups -OCH3 is 1. The number of pyridine rings is 1. The van der Waals surface area contributed by atoms with Gasteiger partial charge in [0, 0.05) is 11.8 Å². The molecule has 1 N–H and O–H groups in total. The molecule has 1 unspecified atom stereocenters. The second kappa shape index (κ2) is 6.09. The summed E-state index contributed by atoms with van der Waals surface area (Å²) < 4.78 is 5.03. The lowest BCUT2D eigenvalue weighted by molar-refractivity contribution is 0.398. The van der Waals surface area contributed by atoms with Crippen molar-refractivity contribution in [3.8, 4) is 5.88 Å². The van der Waals surface area contributed by atoms with Gasteiger partial charge >= 0.3 is 0 Å². The number of thioether (sulfide) groups is 1. The van der Waals surface area contributed by atoms with Gasteiger partial charge in [-0.2, -0.15) is 0 Å². The van der Waals surface area contributed by atoms with Gasteiger partial charge in [-0.1, -0.05) is 25.6 Å². The van der Waals surface area contributed by atoms with E-state index in [0.717, 1.165) is 23.0 Å². The van der Waals surface area contributed by atoms with Crippen molar-refractivity contribution in [2.75, 3.05) is 18.2 Å². The van der Waals surface area contributed by atoms with Gasteiger partial charge in [-0.15, -0.1) is 0 Å². The van der Waals surface area contributed by atoms with Gasteiger partial charge in [0.15, 0.2) is 5.17 Å². The monoisotopic (exact) mass is 265 g/mol. The molecule has 1 aliphatic heterocycles. The van der Waals surface area contributed by atoms with Gasteiger partial charge < -0.3 is 10.1 Å². The molecule has 0 aromatic carbocycles. The van der Waals surface area contributed by atoms with E-state index in [-0.39, 0.29) is 0 Å². The van der Waals surface area contributed by atoms with Crippen molar-refractivity contribution in [3.05, 3.63) is 18.3 Å². The average molecular weight is 265 g/mol. The molecule has 0 fully saturated rings. The Morgan fingerprint density at radius 3 is 2.89 bits per heavy atom. The molecule has 0 bridgehead atoms. The molecule has 1 aliphatic rings. The van der Waals surface area contributed by atoms with E-state index in [1.165, 1.54) is 0 Å². The maximum absolute atomic E-state index is 5.03. The first-order valence-corrected chi connectivity index (χ1v) is 7.15. The van der Waals surface area contributed by atoms with Gasteiger partial charge in [-0.05, 0) is 18.4 Å². The summed E-state index contributed by atoms with van der Waals surface area (Å²) in [7, 11) is 1.61. The molecule has 0 amide bonds. The minimum Gasteiger partial charge on any atom is -0.481 e. The van der Waals surface area contributed by atoms with E-state index in [2.05, 4.69) is 24.1 Å². The third-order valence-electron chi connectivity index (χ3n) is 2.90. The fourth-order valence-electron chi connectivity index (χ4n) is 1.78. The standard InChI is InChI=1S/C13H19N3OS/c1-9(2)11-6-7-18-13(16-11)15-10-4-5-12(17-3)14-8-10/h4-5,8-9,11H,6-7H2,1-3H3,(H,15,16). The molecule has 18 heavy (non-hydrogen) atoms. The first-order chi connectivity index (χ1) is 8.69. The highest BCUT2D eigenvalue weighted by Gasteiger charge is 2.18. The zero-order valence-corrected chi connectivity index (χ0v) is 11.8. The number of amidine groups is 1. The zero-order valence-electron chi connectivity index (χ0n) is 11.0. The Morgan fingerprint density at radius 1 is 1.44 bits per heavy atom. The number of hydrogen-bond acceptors (Lipinski definition) is 5. The molecule has 2 rings (SSSR count). The summed E-state index contributed by atoms with van der Waals surface area (Å²) in [6, 6.07) is 4.23. The molecule has 1 atom stereocenters. The summed E-state index contributed by atoms with van der Waals surface area (Å²) in [6.07, 6.45) is 2.93. The summed E-state index contributed by atoms with van der Waals surface area (Å²) in [4.78, 5) is 8.90. The summed E-state index contributed by atoms with van der Waals surface area (Å²) in [6.45, 7) is 4.44. The Hall–Kier alpha value is -1.23. The summed E-state index contributed by atoms with van der Waals surface area (Å²) in [5.74, 6) is 2.34. The minimum absolute atomic E-state index is 0.431. The lowest BCUT2D eigenvalue weighted by Crippen LogP contribution is -2.23. The summed E-state index contributed by atoms with van der Waals surface area (Å²) >= 11 is 1.77. The van der Waals surface area contributed by atoms with E-state index in [4.69, 9.17) is 9.73 Å². The van der Waals surface area contributed by atoms with E-state index in [1.807, 2.05) is 12.1 Å². The highest BCUT2D eigenvalue weighted by Crippen LogP contribution is 2.23. The van der Waals surface area contributed by atoms with Crippen LogP contribution in [0.3, 0.4) is 0 Å². The second-order valence-electron chi connectivity index (χ2n) is 4.60. The maximum atomic E-state index is 5.03. The molecule has 2 heterocycles. The van der Waals surface area contributed by atoms with E-state index >= 15 is 0 Å². The van der Waals surface area contributed by atoms with Crippen molar-refractivity contribution in [1.29, 1.82) is 0 Å². The van der Waals surface area contributed by atoms with Crippen LogP contribution >= 0.6 is 11.8 Å². The third-order valence-corrected chi connectivity index (χ3v) is 3.82. The van der Waals surface area contributed by atoms with Crippen LogP contribution in [0.4, 0.5) is 5.69 Å². The number of aliphatic imine (C=N–C) groups is 1. The molecule has 0 radical (unpaired) electrons. The largest absolute Gasteiger partial charge is 0.481 e. The van der Waals surface area contributed by atoms with Crippen LogP contribution in [0.2, 0.25) is 0 Å². The van der Waals surface area contributed by atoms with Crippen LogP contribution in [0.5, 0.6) is 5.88 Å². The van der Waals surface area contributed by atoms with Crippen LogP contribution in [-0.4, -0.2) is 29.1 Å². The summed E-state index contributed by atoms with van der Waals surface area (Å²) in [5.41, 5.74) is 0.950. The molecular formula is C13H19N3OS. The number of hydrogen-bond donors (Lipinski definition) is 1. The van der Waals surface area contributed by atoms with Gasteiger partial charge in [0.25, 0.3) is 0 Å². The molecule has 0 spiro atoms. The van der Waals surface area contributed by atoms with Gasteiger partial charge in [-0.25, -0.2) is 4.98 Å². The van der Waals surface area contributed by atoms with Crippen LogP contribution in [0.25, 0.3) is 0 Å². The number of aromatic nitrogens is 1. The highest BCUT2D eigenvalue weighted by molar-refractivity contribution is 8.14. The Morgan fingerprint density at radius 2 is 2.28 bits per heavy atom. The van der Waals surface area contributed by atoms with E-state index in [1.54, 1.807) is 25.1 Å². The fraction of sp³-hybridized carbons (Fsp3) is 0.538. The Labute approximate surface area is 112 Å². The molecule has 1 aromatic rings. The van der Waals surface area contributed by atoms with Crippen molar-refractivity contribution in [2.45, 2.75) is 26.3 Å². The second-order valence-corrected chi connectivity index (χ2v) is 5.68. The quantitative estimate of drug-likeness (QED) is 0.912. The molecule has 1 aromatic heterocycles. The molecule has 0 saturated carbocycles. The normalized spacial score (nSPS) is 19.6. The smallest absolute Gasteiger partial charge is 0.213 e. The fourth-order valence-corrected chi connectivity index (χ4v) is 2.73. The lowest BCUT2D eigenvalue weighted by atomic mass is 10.0. The Balaban J connectivity index is 2.03. The maximum Gasteiger partial charge on any atom is 0.213 e. The van der Waals surface area contributed by atoms with Crippen molar-refractivity contribution < 1.29 is 4.74 Å². The van der Waals surface area contributed by atoms with Crippen LogP contribution in [0.1, 0.15) is 20.3 Å². The number of anilines is 1. The van der Waals surface area contributed by atoms with Crippen LogP contribution in [0, 0.1) is 5.92 Å². The molecular weight excluding hydrogens is 246 g/mol. The molecule has 0 saturated heterocycles. The van der Waals surface area contributed by atoms with Crippen LogP contribution in [-0.2, 0) is 0 Å². The SMILES string of the molecule is COc1ccc(NC2=NC(C(C)C)CCS2)cn1. The van der Waals surface area contributed by atoms with Crippen molar-refractivity contribution >= 4 is 22.6 Å². The zero-order chi connectivity index (χ0) is 13.0. The Bertz CT molecular complexity index is 417. The van der Waals surface area contributed by atoms with E-state index in [9.17, 15) is 0 Å². The topological polar surface area (TPSA) is 46.5 Å². The predicted molar refractivity (Wildman–Crippen MR) is 77.5 cm³/mol. The van der Waals surface area contributed by atoms with Crippen LogP contribution in [0.15, 0.2) is 23.3 Å². The molecule has 98 valence electrons. The first kappa shape index (κ1) is 13.2. The third kappa shape index (κ3) is 3.38. The van der Waals surface area contributed by atoms with Gasteiger partial charge in [0.05, 0.1) is 25.0 Å². The molecule has 0 aliphatic carbocycles. The van der Waals surface area contributed by atoms with Crippen molar-refractivity contribution in [1.82, 2.24) is 4.98 Å². The van der Waals surface area contributed by atoms with Crippen molar-refractivity contribution in [3.63, 3.8) is 0 Å². The number of nitrogens with one attached hydrogen (secondary N) is 1. The highest BCUT2D eigenvalue weighted by atomic mass is 32.2. The number of nitrogens with zero attached hydrogens (tertiary/aromatic N) is 2. The van der Waals surface area contributed by atoms with Crippen LogP contribution < -0.4 is 10.1 Å². The van der Waals surface area contributed by atoms with Gasteiger partial charge in [-0.3, -0.25) is 4.99 Å². The molecule has 4 nitrogen and oxygen atoms in total. The summed E-state index contributed by atoms with van der Waals surface area (Å²) in [5, 5.41) is 4.30. The number of rotatable bonds is 3. The van der Waals surface area contributed by atoms with Gasteiger partial charge in [0.1, 0.15) is 0 Å².